The van der Waals surface area contributed by atoms with Crippen LogP contribution in [0.25, 0.3) is 0 Å². The number of nitrogens with zero attached hydrogens (tertiary/aromatic N) is 1. The molecule has 0 saturated carbocycles. The number of para-hydroxylation sites is 1. The maximum atomic E-state index is 12.2. The van der Waals surface area contributed by atoms with Crippen LogP contribution in [0, 0.1) is 12.8 Å². The molecular formula is C19H30N4O2. The average molecular weight is 346 g/mol. The molecule has 6 heteroatoms. The summed E-state index contributed by atoms with van der Waals surface area (Å²) in [5.74, 6) is 0.404. The highest BCUT2D eigenvalue weighted by molar-refractivity contribution is 5.90. The van der Waals surface area contributed by atoms with Crippen LogP contribution in [-0.4, -0.2) is 42.1 Å². The Bertz CT molecular complexity index is 602. The Hall–Kier alpha value is -2.24. The molecule has 0 radical (unpaired) electrons. The van der Waals surface area contributed by atoms with Crippen LogP contribution in [0.2, 0.25) is 0 Å². The number of benzene rings is 1. The number of anilines is 1. The van der Waals surface area contributed by atoms with Gasteiger partial charge in [-0.05, 0) is 58.1 Å². The summed E-state index contributed by atoms with van der Waals surface area (Å²) in [5.41, 5.74) is 1.65. The molecule has 138 valence electrons. The van der Waals surface area contributed by atoms with Crippen molar-refractivity contribution in [1.29, 1.82) is 0 Å². The van der Waals surface area contributed by atoms with Crippen LogP contribution in [0.4, 0.5) is 15.3 Å². The van der Waals surface area contributed by atoms with Crippen molar-refractivity contribution in [2.75, 3.05) is 25.0 Å². The van der Waals surface area contributed by atoms with Gasteiger partial charge < -0.3 is 20.9 Å². The Labute approximate surface area is 150 Å². The zero-order valence-corrected chi connectivity index (χ0v) is 15.7. The van der Waals surface area contributed by atoms with E-state index in [0.717, 1.165) is 37.2 Å². The Morgan fingerprint density at radius 3 is 2.40 bits per heavy atom. The van der Waals surface area contributed by atoms with Gasteiger partial charge in [0.25, 0.3) is 0 Å². The highest BCUT2D eigenvalue weighted by Crippen LogP contribution is 2.17. The van der Waals surface area contributed by atoms with Crippen LogP contribution in [0.5, 0.6) is 0 Å². The zero-order valence-electron chi connectivity index (χ0n) is 15.7. The highest BCUT2D eigenvalue weighted by atomic mass is 16.2. The minimum Gasteiger partial charge on any atom is -0.338 e. The quantitative estimate of drug-likeness (QED) is 0.785. The molecule has 1 aliphatic rings. The molecule has 0 bridgehead atoms. The second-order valence-corrected chi connectivity index (χ2v) is 7.76. The Morgan fingerprint density at radius 1 is 1.16 bits per heavy atom. The molecule has 1 aromatic rings. The van der Waals surface area contributed by atoms with Gasteiger partial charge in [-0.15, -0.1) is 0 Å². The second kappa shape index (κ2) is 8.23. The Morgan fingerprint density at radius 2 is 1.80 bits per heavy atom. The van der Waals surface area contributed by atoms with Crippen molar-refractivity contribution in [2.45, 2.75) is 46.1 Å². The molecule has 0 atom stereocenters. The molecule has 0 aliphatic carbocycles. The number of piperidine rings is 1. The first kappa shape index (κ1) is 19.1. The van der Waals surface area contributed by atoms with Crippen molar-refractivity contribution in [3.8, 4) is 0 Å². The van der Waals surface area contributed by atoms with E-state index in [9.17, 15) is 9.59 Å². The van der Waals surface area contributed by atoms with E-state index < -0.39 is 0 Å². The molecule has 4 amide bonds. The Balaban J connectivity index is 1.71. The molecule has 6 nitrogen and oxygen atoms in total. The number of nitrogens with one attached hydrogen (secondary N) is 3. The molecule has 0 unspecified atom stereocenters. The molecule has 0 aromatic heterocycles. The predicted octanol–water partition coefficient (Wildman–Crippen LogP) is 3.34. The molecule has 25 heavy (non-hydrogen) atoms. The van der Waals surface area contributed by atoms with Crippen LogP contribution in [0.15, 0.2) is 24.3 Å². The van der Waals surface area contributed by atoms with Gasteiger partial charge in [-0.25, -0.2) is 9.59 Å². The smallest absolute Gasteiger partial charge is 0.319 e. The van der Waals surface area contributed by atoms with Gasteiger partial charge >= 0.3 is 12.1 Å². The van der Waals surface area contributed by atoms with Crippen molar-refractivity contribution in [3.05, 3.63) is 29.8 Å². The lowest BCUT2D eigenvalue weighted by molar-refractivity contribution is 0.162. The number of amides is 4. The standard InChI is InChI=1S/C19H30N4O2/c1-14-7-5-6-8-16(14)21-17(24)20-13-15-9-11-23(12-10-15)18(25)22-19(2,3)4/h5-8,15H,9-13H2,1-4H3,(H,22,25)(H2,20,21,24). The fraction of sp³-hybridized carbons (Fsp3) is 0.579. The summed E-state index contributed by atoms with van der Waals surface area (Å²) < 4.78 is 0. The van der Waals surface area contributed by atoms with Gasteiger partial charge in [0.1, 0.15) is 0 Å². The number of aryl methyl sites for hydroxylation is 1. The topological polar surface area (TPSA) is 73.5 Å². The summed E-state index contributed by atoms with van der Waals surface area (Å²) in [6.45, 7) is 10.00. The lowest BCUT2D eigenvalue weighted by Crippen LogP contribution is -2.51. The molecule has 1 saturated heterocycles. The SMILES string of the molecule is Cc1ccccc1NC(=O)NCC1CCN(C(=O)NC(C)(C)C)CC1. The van der Waals surface area contributed by atoms with Crippen LogP contribution in [0.3, 0.4) is 0 Å². The lowest BCUT2D eigenvalue weighted by atomic mass is 9.97. The number of urea groups is 2. The maximum absolute atomic E-state index is 12.2. The molecule has 1 aliphatic heterocycles. The number of rotatable bonds is 3. The summed E-state index contributed by atoms with van der Waals surface area (Å²) in [6.07, 6.45) is 1.81. The van der Waals surface area contributed by atoms with E-state index in [-0.39, 0.29) is 17.6 Å². The third kappa shape index (κ3) is 6.29. The number of hydrogen-bond donors (Lipinski definition) is 3. The van der Waals surface area contributed by atoms with E-state index >= 15 is 0 Å². The van der Waals surface area contributed by atoms with Crippen molar-refractivity contribution < 1.29 is 9.59 Å². The zero-order chi connectivity index (χ0) is 18.4. The summed E-state index contributed by atoms with van der Waals surface area (Å²) in [7, 11) is 0. The first-order valence-corrected chi connectivity index (χ1v) is 8.92. The summed E-state index contributed by atoms with van der Waals surface area (Å²) in [4.78, 5) is 26.1. The lowest BCUT2D eigenvalue weighted by Gasteiger charge is -2.34. The van der Waals surface area contributed by atoms with Crippen LogP contribution in [-0.2, 0) is 0 Å². The highest BCUT2D eigenvalue weighted by Gasteiger charge is 2.25. The molecule has 0 spiro atoms. The molecule has 1 fully saturated rings. The van der Waals surface area contributed by atoms with Crippen molar-refractivity contribution in [2.24, 2.45) is 5.92 Å². The summed E-state index contributed by atoms with van der Waals surface area (Å²) in [5, 5.41) is 8.81. The molecule has 2 rings (SSSR count). The number of likely N-dealkylation sites (tertiary alicyclic amines) is 1. The van der Waals surface area contributed by atoms with Gasteiger partial charge in [-0.3, -0.25) is 0 Å². The Kier molecular flexibility index (Phi) is 6.28. The van der Waals surface area contributed by atoms with Crippen molar-refractivity contribution in [1.82, 2.24) is 15.5 Å². The second-order valence-electron chi connectivity index (χ2n) is 7.76. The van der Waals surface area contributed by atoms with Crippen LogP contribution in [0.1, 0.15) is 39.2 Å². The van der Waals surface area contributed by atoms with Gasteiger partial charge in [0.15, 0.2) is 0 Å². The van der Waals surface area contributed by atoms with Crippen LogP contribution < -0.4 is 16.0 Å². The first-order valence-electron chi connectivity index (χ1n) is 8.92. The van der Waals surface area contributed by atoms with E-state index in [2.05, 4.69) is 16.0 Å². The first-order chi connectivity index (χ1) is 11.7. The molecule has 3 N–H and O–H groups in total. The van der Waals surface area contributed by atoms with Gasteiger partial charge in [0, 0.05) is 30.9 Å². The van der Waals surface area contributed by atoms with E-state index in [4.69, 9.17) is 0 Å². The van der Waals surface area contributed by atoms with E-state index in [1.165, 1.54) is 0 Å². The fourth-order valence-electron chi connectivity index (χ4n) is 2.86. The molecule has 1 heterocycles. The van der Waals surface area contributed by atoms with Crippen LogP contribution >= 0.6 is 0 Å². The average Bonchev–Trinajstić information content (AvgIpc) is 2.54. The summed E-state index contributed by atoms with van der Waals surface area (Å²) >= 11 is 0. The minimum atomic E-state index is -0.219. The number of carbonyl (C=O) groups excluding carboxylic acids is 2. The normalized spacial score (nSPS) is 15.6. The fourth-order valence-corrected chi connectivity index (χ4v) is 2.86. The van der Waals surface area contributed by atoms with Gasteiger partial charge in [0.05, 0.1) is 0 Å². The van der Waals surface area contributed by atoms with Gasteiger partial charge in [-0.1, -0.05) is 18.2 Å². The number of hydrogen-bond acceptors (Lipinski definition) is 2. The van der Waals surface area contributed by atoms with E-state index in [1.54, 1.807) is 0 Å². The molecule has 1 aromatic carbocycles. The summed E-state index contributed by atoms with van der Waals surface area (Å²) in [6, 6.07) is 7.52. The molecular weight excluding hydrogens is 316 g/mol. The van der Waals surface area contributed by atoms with E-state index in [1.807, 2.05) is 56.9 Å². The van der Waals surface area contributed by atoms with E-state index in [0.29, 0.717) is 12.5 Å². The predicted molar refractivity (Wildman–Crippen MR) is 101 cm³/mol. The largest absolute Gasteiger partial charge is 0.338 e. The van der Waals surface area contributed by atoms with Crippen molar-refractivity contribution in [3.63, 3.8) is 0 Å². The monoisotopic (exact) mass is 346 g/mol. The number of carbonyl (C=O) groups is 2. The van der Waals surface area contributed by atoms with Gasteiger partial charge in [-0.2, -0.15) is 0 Å². The van der Waals surface area contributed by atoms with Crippen molar-refractivity contribution >= 4 is 17.7 Å². The maximum Gasteiger partial charge on any atom is 0.319 e. The van der Waals surface area contributed by atoms with Gasteiger partial charge in [0.2, 0.25) is 0 Å². The third-order valence-electron chi connectivity index (χ3n) is 4.33. The third-order valence-corrected chi connectivity index (χ3v) is 4.33. The minimum absolute atomic E-state index is 0.00351.